The lowest BCUT2D eigenvalue weighted by molar-refractivity contribution is -0.167. The van der Waals surface area contributed by atoms with E-state index in [1.54, 1.807) is 0 Å². The quantitative estimate of drug-likeness (QED) is 0.0262. The zero-order valence-corrected chi connectivity index (χ0v) is 44.7. The molecular weight excluding hydrogens is 817 g/mol. The number of carbonyl (C=O) groups excluding carboxylic acids is 3. The molecule has 0 radical (unpaired) electrons. The van der Waals surface area contributed by atoms with E-state index in [0.717, 1.165) is 57.8 Å². The summed E-state index contributed by atoms with van der Waals surface area (Å²) in [6.07, 6.45) is 63.9. The van der Waals surface area contributed by atoms with Crippen LogP contribution in [0, 0.1) is 0 Å². The molecule has 1 atom stereocenters. The van der Waals surface area contributed by atoms with Gasteiger partial charge in [0.1, 0.15) is 13.2 Å². The van der Waals surface area contributed by atoms with Crippen LogP contribution >= 0.6 is 0 Å². The zero-order chi connectivity index (χ0) is 47.9. The number of esters is 3. The standard InChI is InChI=1S/C60H114O6/c1-4-7-10-13-16-18-20-22-24-26-27-28-29-30-31-32-33-35-36-38-40-42-44-47-50-53-59(62)65-56-57(55-64-58(61)52-49-46-15-12-9-6-3)66-60(63)54-51-48-45-43-41-39-37-34-25-23-21-19-17-14-11-8-5-2/h23,25,57H,4-22,24,26-56H2,1-3H3/b25-23-. The zero-order valence-electron chi connectivity index (χ0n) is 44.7. The topological polar surface area (TPSA) is 78.9 Å². The van der Waals surface area contributed by atoms with Crippen LogP contribution in [0.2, 0.25) is 0 Å². The first-order valence-electron chi connectivity index (χ1n) is 29.7. The lowest BCUT2D eigenvalue weighted by Crippen LogP contribution is -2.30. The highest BCUT2D eigenvalue weighted by Crippen LogP contribution is 2.18. The van der Waals surface area contributed by atoms with E-state index in [1.165, 1.54) is 238 Å². The summed E-state index contributed by atoms with van der Waals surface area (Å²) in [7, 11) is 0. The highest BCUT2D eigenvalue weighted by molar-refractivity contribution is 5.71. The van der Waals surface area contributed by atoms with Crippen molar-refractivity contribution in [1.29, 1.82) is 0 Å². The molecular formula is C60H114O6. The summed E-state index contributed by atoms with van der Waals surface area (Å²) in [6.45, 7) is 6.63. The largest absolute Gasteiger partial charge is 0.462 e. The first-order valence-corrected chi connectivity index (χ1v) is 29.7. The maximum Gasteiger partial charge on any atom is 0.306 e. The molecule has 0 amide bonds. The molecule has 6 heteroatoms. The molecule has 0 spiro atoms. The van der Waals surface area contributed by atoms with E-state index >= 15 is 0 Å². The second kappa shape index (κ2) is 55.7. The van der Waals surface area contributed by atoms with Gasteiger partial charge in [-0.25, -0.2) is 0 Å². The van der Waals surface area contributed by atoms with Crippen molar-refractivity contribution in [2.45, 2.75) is 341 Å². The van der Waals surface area contributed by atoms with Crippen LogP contribution in [0.1, 0.15) is 335 Å². The van der Waals surface area contributed by atoms with Crippen LogP contribution in [0.4, 0.5) is 0 Å². The van der Waals surface area contributed by atoms with Gasteiger partial charge in [-0.2, -0.15) is 0 Å². The van der Waals surface area contributed by atoms with Crippen LogP contribution < -0.4 is 0 Å². The van der Waals surface area contributed by atoms with Crippen molar-refractivity contribution >= 4 is 17.9 Å². The summed E-state index contributed by atoms with van der Waals surface area (Å²) in [6, 6.07) is 0. The smallest absolute Gasteiger partial charge is 0.306 e. The molecule has 0 N–H and O–H groups in total. The first kappa shape index (κ1) is 64.2. The molecule has 0 aromatic carbocycles. The van der Waals surface area contributed by atoms with Gasteiger partial charge in [0, 0.05) is 19.3 Å². The number of hydrogen-bond acceptors (Lipinski definition) is 6. The molecule has 0 saturated carbocycles. The molecule has 0 aliphatic rings. The fourth-order valence-electron chi connectivity index (χ4n) is 9.03. The molecule has 0 aliphatic heterocycles. The Balaban J connectivity index is 4.04. The Bertz CT molecular complexity index is 1020. The van der Waals surface area contributed by atoms with Crippen LogP contribution in [0.3, 0.4) is 0 Å². The highest BCUT2D eigenvalue weighted by atomic mass is 16.6. The number of unbranched alkanes of at least 4 members (excludes halogenated alkanes) is 42. The summed E-state index contributed by atoms with van der Waals surface area (Å²) in [4.78, 5) is 37.9. The fraction of sp³-hybridized carbons (Fsp3) is 0.917. The number of rotatable bonds is 55. The molecule has 6 nitrogen and oxygen atoms in total. The molecule has 0 saturated heterocycles. The van der Waals surface area contributed by atoms with Crippen LogP contribution in [-0.2, 0) is 28.6 Å². The highest BCUT2D eigenvalue weighted by Gasteiger charge is 2.19. The van der Waals surface area contributed by atoms with Crippen molar-refractivity contribution < 1.29 is 28.6 Å². The van der Waals surface area contributed by atoms with E-state index in [-0.39, 0.29) is 31.1 Å². The number of allylic oxidation sites excluding steroid dienone is 2. The lowest BCUT2D eigenvalue weighted by atomic mass is 10.0. The van der Waals surface area contributed by atoms with Crippen molar-refractivity contribution in [3.63, 3.8) is 0 Å². The number of ether oxygens (including phenoxy) is 3. The monoisotopic (exact) mass is 931 g/mol. The van der Waals surface area contributed by atoms with E-state index in [4.69, 9.17) is 14.2 Å². The molecule has 1 unspecified atom stereocenters. The van der Waals surface area contributed by atoms with E-state index in [0.29, 0.717) is 19.3 Å². The van der Waals surface area contributed by atoms with Gasteiger partial charge in [0.05, 0.1) is 0 Å². The third-order valence-corrected chi connectivity index (χ3v) is 13.5. The van der Waals surface area contributed by atoms with Gasteiger partial charge in [-0.15, -0.1) is 0 Å². The third-order valence-electron chi connectivity index (χ3n) is 13.5. The predicted octanol–water partition coefficient (Wildman–Crippen LogP) is 19.7. The van der Waals surface area contributed by atoms with Crippen molar-refractivity contribution in [1.82, 2.24) is 0 Å². The number of carbonyl (C=O) groups is 3. The maximum absolute atomic E-state index is 12.8. The second-order valence-electron chi connectivity index (χ2n) is 20.3. The van der Waals surface area contributed by atoms with Gasteiger partial charge >= 0.3 is 17.9 Å². The Morgan fingerprint density at radius 3 is 0.758 bits per heavy atom. The van der Waals surface area contributed by atoms with Crippen LogP contribution in [-0.4, -0.2) is 37.2 Å². The van der Waals surface area contributed by atoms with E-state index < -0.39 is 6.10 Å². The summed E-state index contributed by atoms with van der Waals surface area (Å²) in [5.41, 5.74) is 0. The predicted molar refractivity (Wildman–Crippen MR) is 284 cm³/mol. The minimum atomic E-state index is -0.765. The van der Waals surface area contributed by atoms with Crippen molar-refractivity contribution in [3.8, 4) is 0 Å². The first-order chi connectivity index (χ1) is 32.5. The molecule has 0 fully saturated rings. The van der Waals surface area contributed by atoms with E-state index in [2.05, 4.69) is 32.9 Å². The summed E-state index contributed by atoms with van der Waals surface area (Å²) in [5, 5.41) is 0. The SMILES string of the molecule is CCCCCCCC/C=C\CCCCCCCCCC(=O)OC(COC(=O)CCCCCCCC)COC(=O)CCCCCCCCCCCCCCCCCCCCCCCCCCC. The van der Waals surface area contributed by atoms with Gasteiger partial charge in [-0.1, -0.05) is 283 Å². The van der Waals surface area contributed by atoms with Crippen LogP contribution in [0.5, 0.6) is 0 Å². The van der Waals surface area contributed by atoms with Gasteiger partial charge in [0.25, 0.3) is 0 Å². The number of hydrogen-bond donors (Lipinski definition) is 0. The minimum Gasteiger partial charge on any atom is -0.462 e. The van der Waals surface area contributed by atoms with E-state index in [9.17, 15) is 14.4 Å². The molecule has 390 valence electrons. The Hall–Kier alpha value is -1.85. The van der Waals surface area contributed by atoms with Crippen molar-refractivity contribution in [2.75, 3.05) is 13.2 Å². The minimum absolute atomic E-state index is 0.0669. The Labute approximate surface area is 411 Å². The molecule has 0 rings (SSSR count). The Morgan fingerprint density at radius 2 is 0.500 bits per heavy atom. The van der Waals surface area contributed by atoms with Gasteiger partial charge in [-0.3, -0.25) is 14.4 Å². The Morgan fingerprint density at radius 1 is 0.288 bits per heavy atom. The molecule has 66 heavy (non-hydrogen) atoms. The average molecular weight is 932 g/mol. The maximum atomic E-state index is 12.8. The van der Waals surface area contributed by atoms with Gasteiger partial charge in [0.2, 0.25) is 0 Å². The van der Waals surface area contributed by atoms with Gasteiger partial charge < -0.3 is 14.2 Å². The summed E-state index contributed by atoms with van der Waals surface area (Å²) >= 11 is 0. The van der Waals surface area contributed by atoms with Gasteiger partial charge in [-0.05, 0) is 44.9 Å². The average Bonchev–Trinajstić information content (AvgIpc) is 3.31. The normalized spacial score (nSPS) is 12.0. The molecule has 0 aromatic heterocycles. The summed E-state index contributed by atoms with van der Waals surface area (Å²) < 4.78 is 16.8. The molecule has 0 aliphatic carbocycles. The third kappa shape index (κ3) is 53.1. The summed E-state index contributed by atoms with van der Waals surface area (Å²) in [5.74, 6) is -0.860. The lowest BCUT2D eigenvalue weighted by Gasteiger charge is -2.18. The van der Waals surface area contributed by atoms with Crippen molar-refractivity contribution in [2.24, 2.45) is 0 Å². The fourth-order valence-corrected chi connectivity index (χ4v) is 9.03. The molecule has 0 heterocycles. The second-order valence-corrected chi connectivity index (χ2v) is 20.3. The van der Waals surface area contributed by atoms with E-state index in [1.807, 2.05) is 0 Å². The van der Waals surface area contributed by atoms with Crippen LogP contribution in [0.25, 0.3) is 0 Å². The van der Waals surface area contributed by atoms with Gasteiger partial charge in [0.15, 0.2) is 6.10 Å². The molecule has 0 bridgehead atoms. The van der Waals surface area contributed by atoms with Crippen molar-refractivity contribution in [3.05, 3.63) is 12.2 Å². The molecule has 0 aromatic rings. The Kier molecular flexibility index (Phi) is 54.2. The van der Waals surface area contributed by atoms with Crippen LogP contribution in [0.15, 0.2) is 12.2 Å².